The lowest BCUT2D eigenvalue weighted by Crippen LogP contribution is -2.40. The Bertz CT molecular complexity index is 455. The van der Waals surface area contributed by atoms with Crippen molar-refractivity contribution in [2.75, 3.05) is 6.54 Å². The third kappa shape index (κ3) is 3.65. The molecule has 0 saturated heterocycles. The largest absolute Gasteiger partial charge is 0.381 e. The van der Waals surface area contributed by atoms with E-state index in [1.54, 1.807) is 0 Å². The zero-order valence-electron chi connectivity index (χ0n) is 8.48. The monoisotopic (exact) mass is 261 g/mol. The molecule has 0 bridgehead atoms. The summed E-state index contributed by atoms with van der Waals surface area (Å²) in [5.41, 5.74) is 4.58. The Morgan fingerprint density at radius 3 is 2.88 bits per heavy atom. The van der Waals surface area contributed by atoms with Gasteiger partial charge >= 0.3 is 0 Å². The molecule has 6 nitrogen and oxygen atoms in total. The van der Waals surface area contributed by atoms with E-state index in [0.717, 1.165) is 12.3 Å². The lowest BCUT2D eigenvalue weighted by molar-refractivity contribution is -0.125. The van der Waals surface area contributed by atoms with Crippen molar-refractivity contribution >= 4 is 23.4 Å². The highest BCUT2D eigenvalue weighted by molar-refractivity contribution is 6.32. The van der Waals surface area contributed by atoms with Crippen LogP contribution in [0.1, 0.15) is 10.4 Å². The first-order valence-electron chi connectivity index (χ1n) is 4.48. The van der Waals surface area contributed by atoms with Crippen LogP contribution in [0.3, 0.4) is 0 Å². The molecule has 0 radical (unpaired) electrons. The van der Waals surface area contributed by atoms with Crippen molar-refractivity contribution in [3.63, 3.8) is 0 Å². The van der Waals surface area contributed by atoms with Crippen LogP contribution in [0.2, 0.25) is 5.15 Å². The van der Waals surface area contributed by atoms with E-state index in [-0.39, 0.29) is 17.3 Å². The number of carbonyl (C=O) groups excluding carboxylic acids is 2. The molecule has 1 rings (SSSR count). The summed E-state index contributed by atoms with van der Waals surface area (Å²) in [6.07, 6.45) is -0.656. The smallest absolute Gasteiger partial charge is 0.254 e. The first-order chi connectivity index (χ1) is 7.91. The first kappa shape index (κ1) is 13.3. The number of aliphatic hydroxyl groups excluding tert-OH is 1. The maximum atomic E-state index is 12.8. The van der Waals surface area contributed by atoms with Gasteiger partial charge in [-0.25, -0.2) is 9.37 Å². The number of amides is 2. The van der Waals surface area contributed by atoms with E-state index in [0.29, 0.717) is 0 Å². The molecule has 0 spiro atoms. The van der Waals surface area contributed by atoms with Crippen LogP contribution in [0, 0.1) is 5.82 Å². The van der Waals surface area contributed by atoms with Crippen molar-refractivity contribution in [3.05, 3.63) is 28.8 Å². The third-order valence-corrected chi connectivity index (χ3v) is 2.14. The molecule has 0 aliphatic heterocycles. The minimum Gasteiger partial charge on any atom is -0.381 e. The fourth-order valence-corrected chi connectivity index (χ4v) is 1.16. The average molecular weight is 262 g/mol. The molecule has 0 fully saturated rings. The Labute approximate surface area is 101 Å². The number of nitrogens with zero attached hydrogens (tertiary/aromatic N) is 1. The molecule has 0 aromatic carbocycles. The fraction of sp³-hybridized carbons (Fsp3) is 0.222. The molecule has 0 aliphatic carbocycles. The lowest BCUT2D eigenvalue weighted by atomic mass is 10.2. The maximum Gasteiger partial charge on any atom is 0.254 e. The van der Waals surface area contributed by atoms with E-state index >= 15 is 0 Å². The Morgan fingerprint density at radius 1 is 1.65 bits per heavy atom. The van der Waals surface area contributed by atoms with Gasteiger partial charge in [-0.15, -0.1) is 0 Å². The van der Waals surface area contributed by atoms with Gasteiger partial charge in [0.05, 0.1) is 18.3 Å². The molecule has 1 aromatic rings. The second kappa shape index (κ2) is 5.55. The van der Waals surface area contributed by atoms with Crippen LogP contribution in [-0.2, 0) is 4.79 Å². The summed E-state index contributed by atoms with van der Waals surface area (Å²) in [4.78, 5) is 25.4. The Kier molecular flexibility index (Phi) is 4.36. The van der Waals surface area contributed by atoms with Crippen LogP contribution in [0.15, 0.2) is 12.3 Å². The summed E-state index contributed by atoms with van der Waals surface area (Å²) in [6.45, 7) is -0.388. The van der Waals surface area contributed by atoms with Crippen LogP contribution in [-0.4, -0.2) is 34.6 Å². The Morgan fingerprint density at radius 2 is 2.29 bits per heavy atom. The summed E-state index contributed by atoms with van der Waals surface area (Å²) >= 11 is 5.58. The van der Waals surface area contributed by atoms with Gasteiger partial charge in [-0.3, -0.25) is 9.59 Å². The van der Waals surface area contributed by atoms with E-state index < -0.39 is 23.7 Å². The van der Waals surface area contributed by atoms with E-state index in [1.165, 1.54) is 0 Å². The highest BCUT2D eigenvalue weighted by Gasteiger charge is 2.16. The Balaban J connectivity index is 2.70. The first-order valence-corrected chi connectivity index (χ1v) is 4.86. The molecule has 1 atom stereocenters. The fourth-order valence-electron chi connectivity index (χ4n) is 0.967. The van der Waals surface area contributed by atoms with Gasteiger partial charge in [-0.2, -0.15) is 0 Å². The van der Waals surface area contributed by atoms with Crippen LogP contribution < -0.4 is 11.1 Å². The molecule has 8 heteroatoms. The number of primary amides is 1. The predicted molar refractivity (Wildman–Crippen MR) is 56.7 cm³/mol. The van der Waals surface area contributed by atoms with Crippen LogP contribution in [0.4, 0.5) is 4.39 Å². The van der Waals surface area contributed by atoms with Gasteiger partial charge in [0.15, 0.2) is 0 Å². The van der Waals surface area contributed by atoms with Gasteiger partial charge in [-0.1, -0.05) is 11.6 Å². The van der Waals surface area contributed by atoms with Crippen molar-refractivity contribution in [2.24, 2.45) is 5.73 Å². The molecule has 92 valence electrons. The average Bonchev–Trinajstić information content (AvgIpc) is 2.28. The highest BCUT2D eigenvalue weighted by Crippen LogP contribution is 2.13. The number of rotatable bonds is 4. The zero-order chi connectivity index (χ0) is 13.0. The van der Waals surface area contributed by atoms with E-state index in [4.69, 9.17) is 22.4 Å². The van der Waals surface area contributed by atoms with Gasteiger partial charge in [-0.05, 0) is 6.07 Å². The molecule has 17 heavy (non-hydrogen) atoms. The number of halogens is 2. The van der Waals surface area contributed by atoms with Gasteiger partial charge in [0.2, 0.25) is 5.91 Å². The van der Waals surface area contributed by atoms with Gasteiger partial charge in [0, 0.05) is 0 Å². The van der Waals surface area contributed by atoms with E-state index in [2.05, 4.69) is 10.3 Å². The number of nitrogens with one attached hydrogen (secondary N) is 1. The number of carbonyl (C=O) groups is 2. The molecule has 1 unspecified atom stereocenters. The number of hydrogen-bond donors (Lipinski definition) is 3. The molecular formula is C9H9ClFN3O3. The maximum absolute atomic E-state index is 12.8. The summed E-state index contributed by atoms with van der Waals surface area (Å²) in [5, 5.41) is 11.0. The SMILES string of the molecule is NC(=O)C(O)CNC(=O)c1cc(F)cnc1Cl. The normalized spacial score (nSPS) is 11.9. The Hall–Kier alpha value is -1.73. The number of pyridine rings is 1. The van der Waals surface area contributed by atoms with Crippen molar-refractivity contribution in [1.29, 1.82) is 0 Å². The number of hydrogen-bond acceptors (Lipinski definition) is 4. The van der Waals surface area contributed by atoms with Gasteiger partial charge in [0.1, 0.15) is 17.1 Å². The zero-order valence-corrected chi connectivity index (χ0v) is 9.24. The van der Waals surface area contributed by atoms with Crippen molar-refractivity contribution < 1.29 is 19.1 Å². The highest BCUT2D eigenvalue weighted by atomic mass is 35.5. The summed E-state index contributed by atoms with van der Waals surface area (Å²) in [5.74, 6) is -2.47. The lowest BCUT2D eigenvalue weighted by Gasteiger charge is -2.09. The minimum absolute atomic E-state index is 0.183. The molecule has 1 heterocycles. The van der Waals surface area contributed by atoms with Crippen LogP contribution in [0.5, 0.6) is 0 Å². The predicted octanol–water partition coefficient (Wildman–Crippen LogP) is -0.550. The topological polar surface area (TPSA) is 105 Å². The number of nitrogens with two attached hydrogens (primary N) is 1. The molecular weight excluding hydrogens is 253 g/mol. The molecule has 0 saturated carbocycles. The summed E-state index contributed by atoms with van der Waals surface area (Å²) in [7, 11) is 0. The van der Waals surface area contributed by atoms with Crippen LogP contribution >= 0.6 is 11.6 Å². The number of aromatic nitrogens is 1. The molecule has 4 N–H and O–H groups in total. The molecule has 1 aromatic heterocycles. The minimum atomic E-state index is -1.51. The second-order valence-electron chi connectivity index (χ2n) is 3.12. The van der Waals surface area contributed by atoms with Gasteiger partial charge in [0.25, 0.3) is 5.91 Å². The summed E-state index contributed by atoms with van der Waals surface area (Å²) < 4.78 is 12.8. The summed E-state index contributed by atoms with van der Waals surface area (Å²) in [6, 6.07) is 0.890. The van der Waals surface area contributed by atoms with Crippen LogP contribution in [0.25, 0.3) is 0 Å². The third-order valence-electron chi connectivity index (χ3n) is 1.83. The molecule has 2 amide bonds. The quantitative estimate of drug-likeness (QED) is 0.632. The van der Waals surface area contributed by atoms with Crippen molar-refractivity contribution in [2.45, 2.75) is 6.10 Å². The molecule has 0 aliphatic rings. The second-order valence-corrected chi connectivity index (χ2v) is 3.48. The van der Waals surface area contributed by atoms with E-state index in [1.807, 2.05) is 0 Å². The van der Waals surface area contributed by atoms with E-state index in [9.17, 15) is 14.0 Å². The van der Waals surface area contributed by atoms with Crippen molar-refractivity contribution in [3.8, 4) is 0 Å². The van der Waals surface area contributed by atoms with Gasteiger partial charge < -0.3 is 16.2 Å². The number of aliphatic hydroxyl groups is 1. The van der Waals surface area contributed by atoms with Crippen molar-refractivity contribution in [1.82, 2.24) is 10.3 Å². The standard InChI is InChI=1S/C9H9ClFN3O3/c10-7-5(1-4(11)2-13-7)9(17)14-3-6(15)8(12)16/h1-2,6,15H,3H2,(H2,12,16)(H,14,17).